The Hall–Kier alpha value is -2.76. The first-order chi connectivity index (χ1) is 14.4. The van der Waals surface area contributed by atoms with Gasteiger partial charge in [-0.25, -0.2) is 4.98 Å². The zero-order valence-corrected chi connectivity index (χ0v) is 18.8. The number of anilines is 1. The molecule has 4 rings (SSSR count). The van der Waals surface area contributed by atoms with Crippen molar-refractivity contribution in [1.82, 2.24) is 9.88 Å². The van der Waals surface area contributed by atoms with Crippen LogP contribution in [-0.2, 0) is 0 Å². The Morgan fingerprint density at radius 1 is 0.967 bits per heavy atom. The molecular weight excluding hydrogens is 390 g/mol. The number of fused-ring (bicyclic) bond motifs is 2. The molecule has 0 aliphatic carbocycles. The lowest BCUT2D eigenvalue weighted by Gasteiger charge is -2.21. The average Bonchev–Trinajstić information content (AvgIpc) is 3.17. The molecule has 0 saturated heterocycles. The highest BCUT2D eigenvalue weighted by Gasteiger charge is 2.22. The standard InChI is InChI=1S/C25H27N3OS/c1-17-10-13-22-23(18(17)2)26-25(30-22)28(15-7-14-27(3)4)24(29)21-12-11-19-8-5-6-9-20(19)16-21/h5-6,8-13,16H,7,14-15H2,1-4H3. The third-order valence-electron chi connectivity index (χ3n) is 5.53. The fourth-order valence-corrected chi connectivity index (χ4v) is 4.69. The molecule has 3 aromatic carbocycles. The van der Waals surface area contributed by atoms with Crippen LogP contribution in [0.1, 0.15) is 27.9 Å². The van der Waals surface area contributed by atoms with E-state index < -0.39 is 0 Å². The van der Waals surface area contributed by atoms with E-state index in [0.717, 1.165) is 39.1 Å². The molecule has 0 aliphatic rings. The third kappa shape index (κ3) is 4.09. The molecular formula is C25H27N3OS. The molecule has 1 amide bonds. The minimum Gasteiger partial charge on any atom is -0.309 e. The highest BCUT2D eigenvalue weighted by molar-refractivity contribution is 7.22. The van der Waals surface area contributed by atoms with Crippen molar-refractivity contribution >= 4 is 43.4 Å². The second kappa shape index (κ2) is 8.54. The first-order valence-corrected chi connectivity index (χ1v) is 11.1. The van der Waals surface area contributed by atoms with Crippen LogP contribution in [0.25, 0.3) is 21.0 Å². The number of rotatable bonds is 6. The van der Waals surface area contributed by atoms with Crippen LogP contribution in [0.2, 0.25) is 0 Å². The quantitative estimate of drug-likeness (QED) is 0.406. The Labute approximate surface area is 181 Å². The van der Waals surface area contributed by atoms with E-state index in [1.807, 2.05) is 41.3 Å². The van der Waals surface area contributed by atoms with Gasteiger partial charge in [-0.3, -0.25) is 9.69 Å². The van der Waals surface area contributed by atoms with Crippen molar-refractivity contribution in [2.24, 2.45) is 0 Å². The minimum absolute atomic E-state index is 0.00735. The summed E-state index contributed by atoms with van der Waals surface area (Å²) in [6.07, 6.45) is 0.889. The molecule has 1 heterocycles. The van der Waals surface area contributed by atoms with Gasteiger partial charge in [0.25, 0.3) is 5.91 Å². The van der Waals surface area contributed by atoms with Crippen LogP contribution >= 0.6 is 11.3 Å². The van der Waals surface area contributed by atoms with Gasteiger partial charge >= 0.3 is 0 Å². The summed E-state index contributed by atoms with van der Waals surface area (Å²) in [6.45, 7) is 5.76. The summed E-state index contributed by atoms with van der Waals surface area (Å²) in [5.74, 6) is 0.00735. The van der Waals surface area contributed by atoms with Crippen molar-refractivity contribution in [3.05, 3.63) is 71.3 Å². The third-order valence-corrected chi connectivity index (χ3v) is 6.58. The largest absolute Gasteiger partial charge is 0.309 e. The Morgan fingerprint density at radius 2 is 1.73 bits per heavy atom. The Kier molecular flexibility index (Phi) is 5.84. The molecule has 0 N–H and O–H groups in total. The summed E-state index contributed by atoms with van der Waals surface area (Å²) in [6, 6.07) is 18.3. The van der Waals surface area contributed by atoms with Gasteiger partial charge in [0.05, 0.1) is 10.2 Å². The zero-order valence-electron chi connectivity index (χ0n) is 18.0. The van der Waals surface area contributed by atoms with Crippen LogP contribution in [0.5, 0.6) is 0 Å². The van der Waals surface area contributed by atoms with Gasteiger partial charge in [-0.2, -0.15) is 0 Å². The van der Waals surface area contributed by atoms with Crippen LogP contribution in [0.3, 0.4) is 0 Å². The van der Waals surface area contributed by atoms with Gasteiger partial charge in [-0.05, 0) is 81.0 Å². The number of hydrogen-bond donors (Lipinski definition) is 0. The summed E-state index contributed by atoms with van der Waals surface area (Å²) in [5, 5.41) is 2.99. The second-order valence-electron chi connectivity index (χ2n) is 8.03. The van der Waals surface area contributed by atoms with Crippen LogP contribution in [-0.4, -0.2) is 43.0 Å². The maximum Gasteiger partial charge on any atom is 0.260 e. The van der Waals surface area contributed by atoms with Crippen LogP contribution < -0.4 is 4.90 Å². The van der Waals surface area contributed by atoms with E-state index in [4.69, 9.17) is 4.98 Å². The fraction of sp³-hybridized carbons (Fsp3) is 0.280. The summed E-state index contributed by atoms with van der Waals surface area (Å²) < 4.78 is 1.12. The molecule has 4 nitrogen and oxygen atoms in total. The summed E-state index contributed by atoms with van der Waals surface area (Å²) in [5.41, 5.74) is 4.10. The van der Waals surface area contributed by atoms with Gasteiger partial charge < -0.3 is 4.90 Å². The summed E-state index contributed by atoms with van der Waals surface area (Å²) >= 11 is 1.59. The van der Waals surface area contributed by atoms with E-state index >= 15 is 0 Å². The minimum atomic E-state index is 0.00735. The Morgan fingerprint density at radius 3 is 2.50 bits per heavy atom. The second-order valence-corrected chi connectivity index (χ2v) is 9.04. The Balaban J connectivity index is 1.73. The number of aryl methyl sites for hydroxylation is 2. The van der Waals surface area contributed by atoms with Crippen LogP contribution in [0.15, 0.2) is 54.6 Å². The number of hydrogen-bond acceptors (Lipinski definition) is 4. The van der Waals surface area contributed by atoms with Crippen molar-refractivity contribution in [3.63, 3.8) is 0 Å². The van der Waals surface area contributed by atoms with Crippen molar-refractivity contribution in [2.75, 3.05) is 32.1 Å². The molecule has 5 heteroatoms. The zero-order chi connectivity index (χ0) is 21.3. The maximum atomic E-state index is 13.6. The Bertz CT molecular complexity index is 1210. The van der Waals surface area contributed by atoms with Crippen LogP contribution in [0.4, 0.5) is 5.13 Å². The molecule has 0 radical (unpaired) electrons. The number of amides is 1. The lowest BCUT2D eigenvalue weighted by Crippen LogP contribution is -2.33. The molecule has 0 unspecified atom stereocenters. The van der Waals surface area contributed by atoms with Gasteiger partial charge in [0.1, 0.15) is 0 Å². The predicted molar refractivity (Wildman–Crippen MR) is 128 cm³/mol. The SMILES string of the molecule is Cc1ccc2sc(N(CCCN(C)C)C(=O)c3ccc4ccccc4c3)nc2c1C. The van der Waals surface area contributed by atoms with Crippen molar-refractivity contribution < 1.29 is 4.79 Å². The number of thiazole rings is 1. The molecule has 0 atom stereocenters. The van der Waals surface area contributed by atoms with Crippen molar-refractivity contribution in [1.29, 1.82) is 0 Å². The molecule has 154 valence electrons. The van der Waals surface area contributed by atoms with E-state index in [9.17, 15) is 4.79 Å². The molecule has 0 bridgehead atoms. The number of carbonyl (C=O) groups is 1. The smallest absolute Gasteiger partial charge is 0.260 e. The summed E-state index contributed by atoms with van der Waals surface area (Å²) in [7, 11) is 4.11. The van der Waals surface area contributed by atoms with Gasteiger partial charge in [0.15, 0.2) is 5.13 Å². The highest BCUT2D eigenvalue weighted by atomic mass is 32.1. The van der Waals surface area contributed by atoms with E-state index in [0.29, 0.717) is 12.1 Å². The average molecular weight is 418 g/mol. The summed E-state index contributed by atoms with van der Waals surface area (Å²) in [4.78, 5) is 22.5. The highest BCUT2D eigenvalue weighted by Crippen LogP contribution is 2.33. The molecule has 0 spiro atoms. The first-order valence-electron chi connectivity index (χ1n) is 10.3. The van der Waals surface area contributed by atoms with E-state index in [1.165, 1.54) is 11.1 Å². The number of aromatic nitrogens is 1. The van der Waals surface area contributed by atoms with E-state index in [1.54, 1.807) is 11.3 Å². The molecule has 0 saturated carbocycles. The molecule has 1 aromatic heterocycles. The molecule has 0 aliphatic heterocycles. The fourth-order valence-electron chi connectivity index (χ4n) is 3.64. The molecule has 4 aromatic rings. The normalized spacial score (nSPS) is 11.5. The topological polar surface area (TPSA) is 36.4 Å². The lowest BCUT2D eigenvalue weighted by atomic mass is 10.1. The van der Waals surface area contributed by atoms with Crippen molar-refractivity contribution in [3.8, 4) is 0 Å². The number of carbonyl (C=O) groups excluding carboxylic acids is 1. The van der Waals surface area contributed by atoms with Crippen molar-refractivity contribution in [2.45, 2.75) is 20.3 Å². The number of benzene rings is 3. The molecule has 30 heavy (non-hydrogen) atoms. The monoisotopic (exact) mass is 417 g/mol. The van der Waals surface area contributed by atoms with E-state index in [-0.39, 0.29) is 5.91 Å². The first kappa shape index (κ1) is 20.5. The maximum absolute atomic E-state index is 13.6. The molecule has 0 fully saturated rings. The number of nitrogens with zero attached hydrogens (tertiary/aromatic N) is 3. The lowest BCUT2D eigenvalue weighted by molar-refractivity contribution is 0.0986. The van der Waals surface area contributed by atoms with E-state index in [2.05, 4.69) is 51.0 Å². The van der Waals surface area contributed by atoms with Crippen LogP contribution in [0, 0.1) is 13.8 Å². The van der Waals surface area contributed by atoms with Gasteiger partial charge in [0, 0.05) is 12.1 Å². The van der Waals surface area contributed by atoms with Gasteiger partial charge in [-0.15, -0.1) is 0 Å². The predicted octanol–water partition coefficient (Wildman–Crippen LogP) is 5.66. The van der Waals surface area contributed by atoms with Gasteiger partial charge in [0.2, 0.25) is 0 Å². The van der Waals surface area contributed by atoms with Gasteiger partial charge in [-0.1, -0.05) is 47.7 Å².